The molecule has 0 atom stereocenters. The highest BCUT2D eigenvalue weighted by Gasteiger charge is 2.13. The molecule has 1 heterocycles. The molecule has 0 aliphatic carbocycles. The fraction of sp³-hybridized carbons (Fsp3) is 0.250. The molecule has 0 aliphatic rings. The number of benzene rings is 1. The lowest BCUT2D eigenvalue weighted by atomic mass is 9.96. The summed E-state index contributed by atoms with van der Waals surface area (Å²) >= 11 is 0. The molecule has 0 saturated carbocycles. The Kier molecular flexibility index (Phi) is 2.32. The maximum absolute atomic E-state index is 6.00. The standard InChI is InChI=1S/C12H15N3/c1-12(2,13)10-4-6-11(7-5-10)15-9-3-8-14-15/h3-9H,13H2,1-2H3. The zero-order valence-electron chi connectivity index (χ0n) is 9.01. The molecule has 78 valence electrons. The van der Waals surface area contributed by atoms with Crippen molar-refractivity contribution in [3.8, 4) is 5.69 Å². The Morgan fingerprint density at radius 2 is 1.87 bits per heavy atom. The summed E-state index contributed by atoms with van der Waals surface area (Å²) < 4.78 is 1.83. The molecule has 2 aromatic rings. The zero-order chi connectivity index (χ0) is 10.9. The summed E-state index contributed by atoms with van der Waals surface area (Å²) in [6.45, 7) is 3.99. The Morgan fingerprint density at radius 3 is 2.33 bits per heavy atom. The average Bonchev–Trinajstić information content (AvgIpc) is 2.69. The van der Waals surface area contributed by atoms with Gasteiger partial charge in [-0.25, -0.2) is 4.68 Å². The first-order valence-electron chi connectivity index (χ1n) is 4.97. The molecule has 3 heteroatoms. The lowest BCUT2D eigenvalue weighted by Gasteiger charge is -2.19. The van der Waals surface area contributed by atoms with E-state index in [1.807, 2.05) is 55.1 Å². The van der Waals surface area contributed by atoms with E-state index in [9.17, 15) is 0 Å². The molecule has 1 aromatic heterocycles. The zero-order valence-corrected chi connectivity index (χ0v) is 9.01. The van der Waals surface area contributed by atoms with Crippen LogP contribution in [0.25, 0.3) is 5.69 Å². The lowest BCUT2D eigenvalue weighted by Crippen LogP contribution is -2.28. The van der Waals surface area contributed by atoms with Crippen LogP contribution in [-0.4, -0.2) is 9.78 Å². The molecular formula is C12H15N3. The lowest BCUT2D eigenvalue weighted by molar-refractivity contribution is 0.554. The highest BCUT2D eigenvalue weighted by molar-refractivity contribution is 5.35. The van der Waals surface area contributed by atoms with E-state index < -0.39 is 0 Å². The quantitative estimate of drug-likeness (QED) is 0.808. The van der Waals surface area contributed by atoms with Crippen LogP contribution in [0, 0.1) is 0 Å². The van der Waals surface area contributed by atoms with E-state index in [4.69, 9.17) is 5.73 Å². The van der Waals surface area contributed by atoms with Crippen molar-refractivity contribution in [2.75, 3.05) is 0 Å². The normalized spacial score (nSPS) is 11.7. The summed E-state index contributed by atoms with van der Waals surface area (Å²) in [6.07, 6.45) is 3.68. The third-order valence-corrected chi connectivity index (χ3v) is 2.38. The molecule has 0 fully saturated rings. The second kappa shape index (κ2) is 3.51. The van der Waals surface area contributed by atoms with Crippen molar-refractivity contribution in [3.05, 3.63) is 48.3 Å². The van der Waals surface area contributed by atoms with Gasteiger partial charge in [0.05, 0.1) is 5.69 Å². The van der Waals surface area contributed by atoms with Crippen molar-refractivity contribution in [1.29, 1.82) is 0 Å². The van der Waals surface area contributed by atoms with E-state index in [1.54, 1.807) is 6.20 Å². The van der Waals surface area contributed by atoms with Crippen LogP contribution in [0.1, 0.15) is 19.4 Å². The van der Waals surface area contributed by atoms with Crippen molar-refractivity contribution < 1.29 is 0 Å². The Balaban J connectivity index is 2.33. The molecule has 0 saturated heterocycles. The van der Waals surface area contributed by atoms with Gasteiger partial charge in [0.15, 0.2) is 0 Å². The Bertz CT molecular complexity index is 421. The third-order valence-electron chi connectivity index (χ3n) is 2.38. The molecule has 0 spiro atoms. The minimum absolute atomic E-state index is 0.289. The highest BCUT2D eigenvalue weighted by atomic mass is 15.3. The van der Waals surface area contributed by atoms with E-state index in [2.05, 4.69) is 5.10 Å². The number of aromatic nitrogens is 2. The number of rotatable bonds is 2. The maximum atomic E-state index is 6.00. The van der Waals surface area contributed by atoms with Gasteiger partial charge in [-0.3, -0.25) is 0 Å². The fourth-order valence-electron chi connectivity index (χ4n) is 1.47. The van der Waals surface area contributed by atoms with Crippen LogP contribution in [0.4, 0.5) is 0 Å². The topological polar surface area (TPSA) is 43.8 Å². The summed E-state index contributed by atoms with van der Waals surface area (Å²) in [7, 11) is 0. The van der Waals surface area contributed by atoms with E-state index >= 15 is 0 Å². The summed E-state index contributed by atoms with van der Waals surface area (Å²) in [5, 5.41) is 4.16. The summed E-state index contributed by atoms with van der Waals surface area (Å²) in [5.74, 6) is 0. The van der Waals surface area contributed by atoms with Crippen LogP contribution in [0.15, 0.2) is 42.7 Å². The van der Waals surface area contributed by atoms with Crippen molar-refractivity contribution >= 4 is 0 Å². The fourth-order valence-corrected chi connectivity index (χ4v) is 1.47. The minimum Gasteiger partial charge on any atom is -0.322 e. The van der Waals surface area contributed by atoms with Gasteiger partial charge >= 0.3 is 0 Å². The predicted molar refractivity (Wildman–Crippen MR) is 60.8 cm³/mol. The molecule has 0 unspecified atom stereocenters. The molecule has 0 aliphatic heterocycles. The van der Waals surface area contributed by atoms with Crippen molar-refractivity contribution in [3.63, 3.8) is 0 Å². The van der Waals surface area contributed by atoms with E-state index in [0.29, 0.717) is 0 Å². The number of hydrogen-bond donors (Lipinski definition) is 1. The molecule has 2 rings (SSSR count). The van der Waals surface area contributed by atoms with Gasteiger partial charge in [0.25, 0.3) is 0 Å². The Hall–Kier alpha value is -1.61. The third kappa shape index (κ3) is 2.07. The Labute approximate surface area is 89.5 Å². The number of nitrogens with two attached hydrogens (primary N) is 1. The van der Waals surface area contributed by atoms with Crippen LogP contribution in [0.2, 0.25) is 0 Å². The van der Waals surface area contributed by atoms with Gasteiger partial charge in [0.1, 0.15) is 0 Å². The first-order chi connectivity index (χ1) is 7.07. The average molecular weight is 201 g/mol. The molecule has 0 amide bonds. The number of hydrogen-bond acceptors (Lipinski definition) is 2. The monoisotopic (exact) mass is 201 g/mol. The summed E-state index contributed by atoms with van der Waals surface area (Å²) in [6, 6.07) is 10.0. The molecule has 2 N–H and O–H groups in total. The van der Waals surface area contributed by atoms with Crippen molar-refractivity contribution in [2.45, 2.75) is 19.4 Å². The molecule has 0 bridgehead atoms. The molecule has 1 aromatic carbocycles. The first kappa shape index (κ1) is 9.93. The van der Waals surface area contributed by atoms with E-state index in [0.717, 1.165) is 11.3 Å². The smallest absolute Gasteiger partial charge is 0.0645 e. The van der Waals surface area contributed by atoms with Crippen molar-refractivity contribution in [1.82, 2.24) is 9.78 Å². The van der Waals surface area contributed by atoms with Crippen LogP contribution in [-0.2, 0) is 5.54 Å². The van der Waals surface area contributed by atoms with Gasteiger partial charge in [0, 0.05) is 17.9 Å². The SMILES string of the molecule is CC(C)(N)c1ccc(-n2cccn2)cc1. The van der Waals surface area contributed by atoms with Crippen LogP contribution in [0.5, 0.6) is 0 Å². The number of nitrogens with zero attached hydrogens (tertiary/aromatic N) is 2. The second-order valence-corrected chi connectivity index (χ2v) is 4.22. The van der Waals surface area contributed by atoms with Gasteiger partial charge < -0.3 is 5.73 Å². The van der Waals surface area contributed by atoms with E-state index in [1.165, 1.54) is 0 Å². The minimum atomic E-state index is -0.289. The second-order valence-electron chi connectivity index (χ2n) is 4.22. The van der Waals surface area contributed by atoms with E-state index in [-0.39, 0.29) is 5.54 Å². The molecule has 3 nitrogen and oxygen atoms in total. The van der Waals surface area contributed by atoms with Gasteiger partial charge in [-0.05, 0) is 37.6 Å². The van der Waals surface area contributed by atoms with Crippen LogP contribution in [0.3, 0.4) is 0 Å². The molecule has 15 heavy (non-hydrogen) atoms. The van der Waals surface area contributed by atoms with Gasteiger partial charge in [0.2, 0.25) is 0 Å². The van der Waals surface area contributed by atoms with Crippen LogP contribution < -0.4 is 5.73 Å². The summed E-state index contributed by atoms with van der Waals surface area (Å²) in [4.78, 5) is 0. The predicted octanol–water partition coefficient (Wildman–Crippen LogP) is 2.07. The molecule has 0 radical (unpaired) electrons. The highest BCUT2D eigenvalue weighted by Crippen LogP contribution is 2.18. The summed E-state index contributed by atoms with van der Waals surface area (Å²) in [5.41, 5.74) is 7.89. The maximum Gasteiger partial charge on any atom is 0.0645 e. The molecular weight excluding hydrogens is 186 g/mol. The first-order valence-corrected chi connectivity index (χ1v) is 4.97. The Morgan fingerprint density at radius 1 is 1.20 bits per heavy atom. The van der Waals surface area contributed by atoms with Crippen molar-refractivity contribution in [2.24, 2.45) is 5.73 Å². The van der Waals surface area contributed by atoms with Gasteiger partial charge in [-0.2, -0.15) is 5.10 Å². The van der Waals surface area contributed by atoms with Gasteiger partial charge in [-0.1, -0.05) is 12.1 Å². The van der Waals surface area contributed by atoms with Crippen LogP contribution >= 0.6 is 0 Å². The van der Waals surface area contributed by atoms with Gasteiger partial charge in [-0.15, -0.1) is 0 Å². The largest absolute Gasteiger partial charge is 0.322 e.